The molecule has 0 aliphatic heterocycles. The standard InChI is InChI=1S/C13H8ClFNO/c14-10-6-3-5-9(12(10)16)13(17)8-4-1-2-7-11(8)15/h1-4,6-7H,16H2. The van der Waals surface area contributed by atoms with Gasteiger partial charge in [0.1, 0.15) is 5.82 Å². The third-order valence-electron chi connectivity index (χ3n) is 2.33. The maximum atomic E-state index is 13.4. The Bertz CT molecular complexity index is 583. The smallest absolute Gasteiger partial charge is 0.198 e. The monoisotopic (exact) mass is 248 g/mol. The first-order chi connectivity index (χ1) is 8.11. The van der Waals surface area contributed by atoms with Crippen molar-refractivity contribution in [1.82, 2.24) is 0 Å². The van der Waals surface area contributed by atoms with Gasteiger partial charge in [0, 0.05) is 0 Å². The summed E-state index contributed by atoms with van der Waals surface area (Å²) in [5.41, 5.74) is 5.82. The maximum Gasteiger partial charge on any atom is 0.198 e. The van der Waals surface area contributed by atoms with Crippen molar-refractivity contribution < 1.29 is 9.18 Å². The van der Waals surface area contributed by atoms with E-state index in [-0.39, 0.29) is 21.8 Å². The van der Waals surface area contributed by atoms with Crippen LogP contribution in [0, 0.1) is 11.9 Å². The number of hydrogen-bond donors (Lipinski definition) is 1. The van der Waals surface area contributed by atoms with Crippen LogP contribution in [-0.2, 0) is 0 Å². The third-order valence-corrected chi connectivity index (χ3v) is 2.66. The van der Waals surface area contributed by atoms with Crippen molar-refractivity contribution in [3.05, 3.63) is 64.4 Å². The van der Waals surface area contributed by atoms with E-state index in [0.717, 1.165) is 0 Å². The average Bonchev–Trinajstić information content (AvgIpc) is 2.32. The van der Waals surface area contributed by atoms with Crippen molar-refractivity contribution in [2.24, 2.45) is 0 Å². The molecule has 0 aromatic heterocycles. The van der Waals surface area contributed by atoms with Gasteiger partial charge in [-0.1, -0.05) is 29.8 Å². The van der Waals surface area contributed by atoms with Crippen molar-refractivity contribution >= 4 is 23.1 Å². The lowest BCUT2D eigenvalue weighted by Crippen LogP contribution is -2.07. The zero-order chi connectivity index (χ0) is 12.4. The van der Waals surface area contributed by atoms with E-state index >= 15 is 0 Å². The van der Waals surface area contributed by atoms with Crippen LogP contribution in [0.3, 0.4) is 0 Å². The van der Waals surface area contributed by atoms with Crippen LogP contribution < -0.4 is 5.73 Å². The minimum Gasteiger partial charge on any atom is -0.397 e. The molecule has 0 heterocycles. The number of carbonyl (C=O) groups excluding carboxylic acids is 1. The van der Waals surface area contributed by atoms with E-state index in [4.69, 9.17) is 17.3 Å². The van der Waals surface area contributed by atoms with Crippen molar-refractivity contribution in [1.29, 1.82) is 0 Å². The molecule has 2 aromatic carbocycles. The third kappa shape index (κ3) is 2.15. The van der Waals surface area contributed by atoms with Gasteiger partial charge in [-0.25, -0.2) is 4.39 Å². The van der Waals surface area contributed by atoms with Crippen LogP contribution in [0.5, 0.6) is 0 Å². The Morgan fingerprint density at radius 2 is 2.00 bits per heavy atom. The number of halogens is 2. The lowest BCUT2D eigenvalue weighted by atomic mass is 10.0. The number of ketones is 1. The van der Waals surface area contributed by atoms with E-state index < -0.39 is 11.6 Å². The minimum atomic E-state index is -0.592. The molecule has 4 heteroatoms. The molecule has 0 saturated carbocycles. The molecule has 0 aliphatic carbocycles. The fourth-order valence-electron chi connectivity index (χ4n) is 1.45. The highest BCUT2D eigenvalue weighted by atomic mass is 35.5. The van der Waals surface area contributed by atoms with E-state index in [0.29, 0.717) is 0 Å². The topological polar surface area (TPSA) is 43.1 Å². The predicted molar refractivity (Wildman–Crippen MR) is 64.5 cm³/mol. The van der Waals surface area contributed by atoms with Crippen molar-refractivity contribution in [2.75, 3.05) is 5.73 Å². The summed E-state index contributed by atoms with van der Waals surface area (Å²) < 4.78 is 13.4. The van der Waals surface area contributed by atoms with E-state index in [2.05, 4.69) is 6.07 Å². The number of carbonyl (C=O) groups is 1. The number of anilines is 1. The van der Waals surface area contributed by atoms with Gasteiger partial charge in [-0.15, -0.1) is 0 Å². The predicted octanol–water partition coefficient (Wildman–Crippen LogP) is 3.09. The van der Waals surface area contributed by atoms with Gasteiger partial charge in [-0.05, 0) is 24.3 Å². The maximum absolute atomic E-state index is 13.4. The second-order valence-corrected chi connectivity index (χ2v) is 3.83. The molecular weight excluding hydrogens is 241 g/mol. The molecule has 0 amide bonds. The van der Waals surface area contributed by atoms with Crippen molar-refractivity contribution in [2.45, 2.75) is 0 Å². The summed E-state index contributed by atoms with van der Waals surface area (Å²) in [6, 6.07) is 11.4. The van der Waals surface area contributed by atoms with Crippen LogP contribution in [0.25, 0.3) is 0 Å². The van der Waals surface area contributed by atoms with Crippen LogP contribution in [0.1, 0.15) is 15.9 Å². The van der Waals surface area contributed by atoms with Gasteiger partial charge in [-0.3, -0.25) is 4.79 Å². The molecule has 0 atom stereocenters. The largest absolute Gasteiger partial charge is 0.397 e. The Morgan fingerprint density at radius 3 is 2.71 bits per heavy atom. The van der Waals surface area contributed by atoms with E-state index in [1.165, 1.54) is 30.3 Å². The Morgan fingerprint density at radius 1 is 1.29 bits per heavy atom. The fraction of sp³-hybridized carbons (Fsp3) is 0. The number of nitrogen functional groups attached to an aromatic ring is 1. The van der Waals surface area contributed by atoms with Crippen LogP contribution in [0.15, 0.2) is 36.4 Å². The average molecular weight is 249 g/mol. The molecule has 2 N–H and O–H groups in total. The molecule has 17 heavy (non-hydrogen) atoms. The molecule has 0 aliphatic rings. The Kier molecular flexibility index (Phi) is 3.11. The second kappa shape index (κ2) is 4.55. The van der Waals surface area contributed by atoms with Gasteiger partial charge in [0.25, 0.3) is 0 Å². The van der Waals surface area contributed by atoms with E-state index in [1.54, 1.807) is 6.07 Å². The minimum absolute atomic E-state index is 0.0438. The molecule has 2 rings (SSSR count). The van der Waals surface area contributed by atoms with Crippen LogP contribution in [-0.4, -0.2) is 5.78 Å². The molecule has 0 bridgehead atoms. The summed E-state index contributed by atoms with van der Waals surface area (Å²) in [6.07, 6.45) is 0. The molecule has 2 aromatic rings. The van der Waals surface area contributed by atoms with E-state index in [1.807, 2.05) is 0 Å². The number of nitrogens with two attached hydrogens (primary N) is 1. The summed E-state index contributed by atoms with van der Waals surface area (Å²) in [5, 5.41) is 0.253. The van der Waals surface area contributed by atoms with E-state index in [9.17, 15) is 9.18 Å². The normalized spacial score (nSPS) is 10.2. The Balaban J connectivity index is 2.52. The SMILES string of the molecule is Nc1c(C(=O)c2ccccc2F)[c]ccc1Cl. The summed E-state index contributed by atoms with van der Waals surface area (Å²) in [7, 11) is 0. The lowest BCUT2D eigenvalue weighted by molar-refractivity contribution is 0.103. The zero-order valence-corrected chi connectivity index (χ0v) is 9.46. The Labute approximate surface area is 103 Å². The van der Waals surface area contributed by atoms with Gasteiger partial charge in [0.15, 0.2) is 5.78 Å². The number of benzene rings is 2. The molecule has 2 nitrogen and oxygen atoms in total. The lowest BCUT2D eigenvalue weighted by Gasteiger charge is -2.06. The first-order valence-electron chi connectivity index (χ1n) is 4.86. The van der Waals surface area contributed by atoms with Gasteiger partial charge in [-0.2, -0.15) is 0 Å². The fourth-order valence-corrected chi connectivity index (χ4v) is 1.61. The molecule has 0 spiro atoms. The molecule has 0 unspecified atom stereocenters. The summed E-state index contributed by atoms with van der Waals surface area (Å²) in [4.78, 5) is 12.0. The van der Waals surface area contributed by atoms with Gasteiger partial charge in [0.2, 0.25) is 0 Å². The molecule has 0 fully saturated rings. The highest BCUT2D eigenvalue weighted by Gasteiger charge is 2.17. The highest BCUT2D eigenvalue weighted by molar-refractivity contribution is 6.34. The van der Waals surface area contributed by atoms with Gasteiger partial charge >= 0.3 is 0 Å². The first kappa shape index (κ1) is 11.6. The molecule has 0 saturated heterocycles. The molecule has 85 valence electrons. The molecular formula is C13H8ClFNO. The zero-order valence-electron chi connectivity index (χ0n) is 8.71. The summed E-state index contributed by atoms with van der Waals surface area (Å²) in [5.74, 6) is -1.12. The van der Waals surface area contributed by atoms with Crippen LogP contribution >= 0.6 is 11.6 Å². The molecule has 1 radical (unpaired) electrons. The highest BCUT2D eigenvalue weighted by Crippen LogP contribution is 2.24. The second-order valence-electron chi connectivity index (χ2n) is 3.42. The van der Waals surface area contributed by atoms with Crippen LogP contribution in [0.4, 0.5) is 10.1 Å². The summed E-state index contributed by atoms with van der Waals surface area (Å²) in [6.45, 7) is 0. The first-order valence-corrected chi connectivity index (χ1v) is 5.24. The van der Waals surface area contributed by atoms with Crippen molar-refractivity contribution in [3.63, 3.8) is 0 Å². The summed E-state index contributed by atoms with van der Waals surface area (Å²) >= 11 is 5.79. The number of hydrogen-bond acceptors (Lipinski definition) is 2. The number of rotatable bonds is 2. The van der Waals surface area contributed by atoms with Gasteiger partial charge < -0.3 is 5.73 Å². The van der Waals surface area contributed by atoms with Crippen molar-refractivity contribution in [3.8, 4) is 0 Å². The Hall–Kier alpha value is -1.87. The van der Waals surface area contributed by atoms with Crippen LogP contribution in [0.2, 0.25) is 5.02 Å². The quantitative estimate of drug-likeness (QED) is 0.656. The van der Waals surface area contributed by atoms with Gasteiger partial charge in [0.05, 0.1) is 21.8 Å².